The van der Waals surface area contributed by atoms with E-state index in [0.717, 1.165) is 16.5 Å². The third-order valence-corrected chi connectivity index (χ3v) is 7.70. The second-order valence-electron chi connectivity index (χ2n) is 9.38. The number of hydrogen-bond acceptors (Lipinski definition) is 8. The first kappa shape index (κ1) is 27.2. The first-order valence-electron chi connectivity index (χ1n) is 12.9. The fourth-order valence-corrected chi connectivity index (χ4v) is 6.04. The molecule has 2 aliphatic heterocycles. The van der Waals surface area contributed by atoms with Crippen LogP contribution in [0.5, 0.6) is 17.2 Å². The predicted octanol–water partition coefficient (Wildman–Crippen LogP) is 4.86. The maximum atomic E-state index is 14.0. The van der Waals surface area contributed by atoms with Gasteiger partial charge >= 0.3 is 5.97 Å². The van der Waals surface area contributed by atoms with E-state index in [2.05, 4.69) is 15.9 Å². The SMILES string of the molecule is CCCC1=C(C(=O)OCC)[C@H](c2ccc3c(c2)OCO3)n2c(s/c(=C/c3cc(Br)ccc3OC(C)C)c2=O)=N1. The molecule has 0 N–H and O–H groups in total. The van der Waals surface area contributed by atoms with Gasteiger partial charge in [-0.05, 0) is 69.2 Å². The van der Waals surface area contributed by atoms with Crippen LogP contribution in [0.25, 0.3) is 6.08 Å². The van der Waals surface area contributed by atoms with Crippen molar-refractivity contribution in [2.45, 2.75) is 52.7 Å². The van der Waals surface area contributed by atoms with E-state index >= 15 is 0 Å². The number of fused-ring (bicyclic) bond motifs is 2. The molecule has 0 fully saturated rings. The number of nitrogens with zero attached hydrogens (tertiary/aromatic N) is 2. The van der Waals surface area contributed by atoms with E-state index in [9.17, 15) is 9.59 Å². The van der Waals surface area contributed by atoms with Crippen LogP contribution in [0, 0.1) is 0 Å². The number of halogens is 1. The minimum Gasteiger partial charge on any atom is -0.490 e. The molecule has 5 rings (SSSR count). The lowest BCUT2D eigenvalue weighted by Crippen LogP contribution is -2.40. The van der Waals surface area contributed by atoms with Crippen LogP contribution < -0.4 is 29.1 Å². The number of esters is 1. The summed E-state index contributed by atoms with van der Waals surface area (Å²) in [5.41, 5.74) is 2.21. The van der Waals surface area contributed by atoms with E-state index in [1.54, 1.807) is 17.6 Å². The van der Waals surface area contributed by atoms with Gasteiger partial charge in [0.2, 0.25) is 6.79 Å². The van der Waals surface area contributed by atoms with Crippen molar-refractivity contribution >= 4 is 39.3 Å². The number of carbonyl (C=O) groups is 1. The molecule has 2 aromatic carbocycles. The molecule has 0 aliphatic carbocycles. The number of thiazole rings is 1. The Bertz CT molecular complexity index is 1640. The maximum absolute atomic E-state index is 14.0. The van der Waals surface area contributed by atoms with Crippen molar-refractivity contribution in [3.8, 4) is 17.2 Å². The maximum Gasteiger partial charge on any atom is 0.338 e. The average molecular weight is 614 g/mol. The molecule has 204 valence electrons. The van der Waals surface area contributed by atoms with E-state index < -0.39 is 12.0 Å². The summed E-state index contributed by atoms with van der Waals surface area (Å²) in [6, 6.07) is 10.4. The van der Waals surface area contributed by atoms with Gasteiger partial charge in [-0.3, -0.25) is 9.36 Å². The summed E-state index contributed by atoms with van der Waals surface area (Å²) in [6.07, 6.45) is 3.13. The first-order valence-corrected chi connectivity index (χ1v) is 14.5. The fraction of sp³-hybridized carbons (Fsp3) is 0.345. The topological polar surface area (TPSA) is 88.4 Å². The zero-order valence-corrected chi connectivity index (χ0v) is 24.6. The molecule has 0 unspecified atom stereocenters. The molecule has 2 aliphatic rings. The van der Waals surface area contributed by atoms with Crippen molar-refractivity contribution in [3.05, 3.63) is 83.0 Å². The third-order valence-electron chi connectivity index (χ3n) is 6.23. The van der Waals surface area contributed by atoms with Crippen molar-refractivity contribution in [1.29, 1.82) is 0 Å². The monoisotopic (exact) mass is 612 g/mol. The number of carbonyl (C=O) groups excluding carboxylic acids is 1. The molecule has 1 aromatic heterocycles. The quantitative estimate of drug-likeness (QED) is 0.338. The number of hydrogen-bond donors (Lipinski definition) is 0. The number of allylic oxidation sites excluding steroid dienone is 1. The van der Waals surface area contributed by atoms with Gasteiger partial charge in [-0.15, -0.1) is 0 Å². The van der Waals surface area contributed by atoms with Crippen molar-refractivity contribution in [2.24, 2.45) is 4.99 Å². The summed E-state index contributed by atoms with van der Waals surface area (Å²) in [4.78, 5) is 32.8. The molecule has 0 saturated heterocycles. The van der Waals surface area contributed by atoms with E-state index in [4.69, 9.17) is 23.9 Å². The van der Waals surface area contributed by atoms with Crippen LogP contribution in [0.15, 0.2) is 61.9 Å². The average Bonchev–Trinajstić information content (AvgIpc) is 3.48. The summed E-state index contributed by atoms with van der Waals surface area (Å²) >= 11 is 4.81. The Balaban J connectivity index is 1.75. The highest BCUT2D eigenvalue weighted by Gasteiger charge is 2.35. The Morgan fingerprint density at radius 2 is 2.00 bits per heavy atom. The lowest BCUT2D eigenvalue weighted by Gasteiger charge is -2.25. The molecule has 0 saturated carbocycles. The molecule has 3 aromatic rings. The van der Waals surface area contributed by atoms with Gasteiger partial charge in [0.05, 0.1) is 34.6 Å². The van der Waals surface area contributed by atoms with Crippen LogP contribution in [0.2, 0.25) is 0 Å². The zero-order valence-electron chi connectivity index (χ0n) is 22.2. The molecule has 0 amide bonds. The van der Waals surface area contributed by atoms with Crippen molar-refractivity contribution < 1.29 is 23.7 Å². The molecule has 10 heteroatoms. The van der Waals surface area contributed by atoms with Gasteiger partial charge in [0.25, 0.3) is 5.56 Å². The molecule has 0 bridgehead atoms. The fourth-order valence-electron chi connectivity index (χ4n) is 4.65. The lowest BCUT2D eigenvalue weighted by atomic mass is 9.94. The van der Waals surface area contributed by atoms with Gasteiger partial charge in [-0.25, -0.2) is 9.79 Å². The molecular formula is C29H29BrN2O6S. The summed E-state index contributed by atoms with van der Waals surface area (Å²) in [6.45, 7) is 8.03. The van der Waals surface area contributed by atoms with E-state index in [1.165, 1.54) is 11.3 Å². The van der Waals surface area contributed by atoms with Crippen LogP contribution in [0.4, 0.5) is 0 Å². The highest BCUT2D eigenvalue weighted by Crippen LogP contribution is 2.39. The smallest absolute Gasteiger partial charge is 0.338 e. The highest BCUT2D eigenvalue weighted by molar-refractivity contribution is 9.10. The van der Waals surface area contributed by atoms with Crippen LogP contribution in [0.3, 0.4) is 0 Å². The van der Waals surface area contributed by atoms with Crippen molar-refractivity contribution in [3.63, 3.8) is 0 Å². The Labute approximate surface area is 238 Å². The van der Waals surface area contributed by atoms with Gasteiger partial charge in [0.1, 0.15) is 5.75 Å². The lowest BCUT2D eigenvalue weighted by molar-refractivity contribution is -0.139. The van der Waals surface area contributed by atoms with E-state index in [-0.39, 0.29) is 25.1 Å². The Morgan fingerprint density at radius 3 is 2.74 bits per heavy atom. The third kappa shape index (κ3) is 5.40. The van der Waals surface area contributed by atoms with Crippen LogP contribution in [-0.2, 0) is 9.53 Å². The number of ether oxygens (including phenoxy) is 4. The van der Waals surface area contributed by atoms with E-state index in [1.807, 2.05) is 57.2 Å². The zero-order chi connectivity index (χ0) is 27.7. The predicted molar refractivity (Wildman–Crippen MR) is 152 cm³/mol. The van der Waals surface area contributed by atoms with E-state index in [0.29, 0.717) is 49.8 Å². The molecule has 0 radical (unpaired) electrons. The van der Waals surface area contributed by atoms with Crippen LogP contribution in [0.1, 0.15) is 57.7 Å². The second kappa shape index (κ2) is 11.4. The minimum atomic E-state index is -0.729. The van der Waals surface area contributed by atoms with Gasteiger partial charge in [-0.1, -0.05) is 46.7 Å². The molecule has 1 atom stereocenters. The number of rotatable bonds is 8. The van der Waals surface area contributed by atoms with Gasteiger partial charge < -0.3 is 18.9 Å². The minimum absolute atomic E-state index is 0.0331. The van der Waals surface area contributed by atoms with Gasteiger partial charge in [-0.2, -0.15) is 0 Å². The van der Waals surface area contributed by atoms with Gasteiger partial charge in [0, 0.05) is 10.0 Å². The Hall–Kier alpha value is -3.37. The largest absolute Gasteiger partial charge is 0.490 e. The molecule has 0 spiro atoms. The summed E-state index contributed by atoms with van der Waals surface area (Å²) < 4.78 is 25.5. The second-order valence-corrected chi connectivity index (χ2v) is 11.3. The van der Waals surface area contributed by atoms with Gasteiger partial charge in [0.15, 0.2) is 16.3 Å². The molecular weight excluding hydrogens is 584 g/mol. The summed E-state index contributed by atoms with van der Waals surface area (Å²) in [7, 11) is 0. The molecule has 3 heterocycles. The highest BCUT2D eigenvalue weighted by atomic mass is 79.9. The first-order chi connectivity index (χ1) is 18.8. The van der Waals surface area contributed by atoms with Crippen molar-refractivity contribution in [2.75, 3.05) is 13.4 Å². The standard InChI is InChI=1S/C29H29BrN2O6S/c1-5-7-20-25(28(34)35-6-2)26(17-8-10-22-23(13-17)37-15-36-22)32-27(33)24(39-29(32)31-20)14-18-12-19(30)9-11-21(18)38-16(3)4/h8-14,16,26H,5-7,15H2,1-4H3/b24-14+/t26-/m0/s1. The Kier molecular flexibility index (Phi) is 7.95. The number of benzene rings is 2. The van der Waals surface area contributed by atoms with Crippen molar-refractivity contribution in [1.82, 2.24) is 4.57 Å². The number of aromatic nitrogens is 1. The van der Waals surface area contributed by atoms with Crippen LogP contribution >= 0.6 is 27.3 Å². The van der Waals surface area contributed by atoms with Crippen LogP contribution in [-0.4, -0.2) is 30.0 Å². The summed E-state index contributed by atoms with van der Waals surface area (Å²) in [5.74, 6) is 1.37. The summed E-state index contributed by atoms with van der Waals surface area (Å²) in [5, 5.41) is 0. The normalized spacial score (nSPS) is 16.4. The molecule has 8 nitrogen and oxygen atoms in total. The Morgan fingerprint density at radius 1 is 1.21 bits per heavy atom. The molecule has 39 heavy (non-hydrogen) atoms.